The first kappa shape index (κ1) is 11.4. The van der Waals surface area contributed by atoms with Crippen LogP contribution in [0.25, 0.3) is 0 Å². The van der Waals surface area contributed by atoms with Gasteiger partial charge in [-0.15, -0.1) is 0 Å². The molecule has 2 unspecified atom stereocenters. The maximum Gasteiger partial charge on any atom is 0.0928 e. The van der Waals surface area contributed by atoms with E-state index in [1.54, 1.807) is 0 Å². The molecule has 3 nitrogen and oxygen atoms in total. The van der Waals surface area contributed by atoms with Crippen molar-refractivity contribution in [1.82, 2.24) is 5.32 Å². The van der Waals surface area contributed by atoms with Crippen LogP contribution in [0.5, 0.6) is 0 Å². The predicted molar refractivity (Wildman–Crippen MR) is 66.0 cm³/mol. The van der Waals surface area contributed by atoms with Crippen molar-refractivity contribution in [3.63, 3.8) is 0 Å². The van der Waals surface area contributed by atoms with E-state index in [0.29, 0.717) is 5.69 Å². The minimum Gasteiger partial charge on any atom is -0.398 e. The Kier molecular flexibility index (Phi) is 3.17. The van der Waals surface area contributed by atoms with Crippen LogP contribution in [0.1, 0.15) is 25.3 Å². The zero-order valence-electron chi connectivity index (χ0n) is 9.74. The highest BCUT2D eigenvalue weighted by Crippen LogP contribution is 2.36. The number of para-hydroxylation sites is 1. The standard InChI is InChI=1S/C13H20N2O/c1-13(16,10-5-4-8-15-9-10)11-6-2-3-7-12(11)14/h2-3,6-7,10,15-16H,4-5,8-9,14H2,1H3. The summed E-state index contributed by atoms with van der Waals surface area (Å²) in [5.41, 5.74) is 6.63. The minimum absolute atomic E-state index is 0.242. The van der Waals surface area contributed by atoms with Gasteiger partial charge >= 0.3 is 0 Å². The van der Waals surface area contributed by atoms with Crippen LogP contribution >= 0.6 is 0 Å². The van der Waals surface area contributed by atoms with Crippen LogP contribution in [0, 0.1) is 5.92 Å². The molecule has 4 N–H and O–H groups in total. The third-order valence-electron chi connectivity index (χ3n) is 3.60. The van der Waals surface area contributed by atoms with Crippen LogP contribution in [0.2, 0.25) is 0 Å². The average molecular weight is 220 g/mol. The number of benzene rings is 1. The number of aliphatic hydroxyl groups is 1. The van der Waals surface area contributed by atoms with Crippen LogP contribution < -0.4 is 11.1 Å². The van der Waals surface area contributed by atoms with Gasteiger partial charge in [0, 0.05) is 23.7 Å². The summed E-state index contributed by atoms with van der Waals surface area (Å²) in [6, 6.07) is 7.59. The van der Waals surface area contributed by atoms with Crippen molar-refractivity contribution in [2.24, 2.45) is 5.92 Å². The molecule has 1 aliphatic heterocycles. The van der Waals surface area contributed by atoms with Crippen molar-refractivity contribution < 1.29 is 5.11 Å². The van der Waals surface area contributed by atoms with E-state index in [0.717, 1.165) is 31.5 Å². The first-order valence-corrected chi connectivity index (χ1v) is 5.90. The molecule has 3 heteroatoms. The Balaban J connectivity index is 2.26. The highest BCUT2D eigenvalue weighted by Gasteiger charge is 2.35. The summed E-state index contributed by atoms with van der Waals surface area (Å²) in [4.78, 5) is 0. The van der Waals surface area contributed by atoms with Gasteiger partial charge in [-0.2, -0.15) is 0 Å². The molecule has 1 heterocycles. The number of rotatable bonds is 2. The highest BCUT2D eigenvalue weighted by atomic mass is 16.3. The van der Waals surface area contributed by atoms with E-state index in [-0.39, 0.29) is 5.92 Å². The van der Waals surface area contributed by atoms with Crippen LogP contribution in [0.4, 0.5) is 5.69 Å². The average Bonchev–Trinajstić information content (AvgIpc) is 2.30. The summed E-state index contributed by atoms with van der Waals surface area (Å²) >= 11 is 0. The number of anilines is 1. The van der Waals surface area contributed by atoms with E-state index >= 15 is 0 Å². The van der Waals surface area contributed by atoms with Crippen molar-refractivity contribution in [3.05, 3.63) is 29.8 Å². The van der Waals surface area contributed by atoms with E-state index in [2.05, 4.69) is 5.32 Å². The largest absolute Gasteiger partial charge is 0.398 e. The molecule has 1 fully saturated rings. The summed E-state index contributed by atoms with van der Waals surface area (Å²) in [5, 5.41) is 14.0. The van der Waals surface area contributed by atoms with Crippen molar-refractivity contribution in [1.29, 1.82) is 0 Å². The molecular formula is C13H20N2O. The summed E-state index contributed by atoms with van der Waals surface area (Å²) in [6.07, 6.45) is 2.17. The molecule has 2 rings (SSSR count). The molecule has 1 saturated heterocycles. The van der Waals surface area contributed by atoms with Gasteiger partial charge in [-0.3, -0.25) is 0 Å². The molecule has 88 valence electrons. The van der Waals surface area contributed by atoms with Crippen LogP contribution in [0.15, 0.2) is 24.3 Å². The maximum atomic E-state index is 10.7. The molecule has 0 aliphatic carbocycles. The van der Waals surface area contributed by atoms with Crippen LogP contribution in [0.3, 0.4) is 0 Å². The fraction of sp³-hybridized carbons (Fsp3) is 0.538. The van der Waals surface area contributed by atoms with E-state index in [4.69, 9.17) is 5.73 Å². The van der Waals surface area contributed by atoms with Crippen LogP contribution in [-0.4, -0.2) is 18.2 Å². The molecular weight excluding hydrogens is 200 g/mol. The third kappa shape index (κ3) is 2.06. The second-order valence-corrected chi connectivity index (χ2v) is 4.78. The molecule has 1 aromatic carbocycles. The number of nitrogens with one attached hydrogen (secondary N) is 1. The Morgan fingerprint density at radius 1 is 1.44 bits per heavy atom. The van der Waals surface area contributed by atoms with E-state index in [9.17, 15) is 5.11 Å². The first-order valence-electron chi connectivity index (χ1n) is 5.90. The number of nitrogen functional groups attached to an aromatic ring is 1. The Bertz CT molecular complexity index is 357. The van der Waals surface area contributed by atoms with E-state index in [1.807, 2.05) is 31.2 Å². The van der Waals surface area contributed by atoms with Crippen molar-refractivity contribution in [3.8, 4) is 0 Å². The quantitative estimate of drug-likeness (QED) is 0.662. The third-order valence-corrected chi connectivity index (χ3v) is 3.60. The maximum absolute atomic E-state index is 10.7. The second-order valence-electron chi connectivity index (χ2n) is 4.78. The molecule has 0 aromatic heterocycles. The van der Waals surface area contributed by atoms with Gasteiger partial charge < -0.3 is 16.2 Å². The van der Waals surface area contributed by atoms with Gasteiger partial charge in [0.25, 0.3) is 0 Å². The molecule has 0 spiro atoms. The van der Waals surface area contributed by atoms with Gasteiger partial charge in [0.2, 0.25) is 0 Å². The molecule has 1 aliphatic rings. The molecule has 16 heavy (non-hydrogen) atoms. The number of hydrogen-bond acceptors (Lipinski definition) is 3. The topological polar surface area (TPSA) is 58.3 Å². The second kappa shape index (κ2) is 4.44. The number of nitrogens with two attached hydrogens (primary N) is 1. The number of hydrogen-bond donors (Lipinski definition) is 3. The lowest BCUT2D eigenvalue weighted by Gasteiger charge is -2.36. The first-order chi connectivity index (χ1) is 7.62. The Morgan fingerprint density at radius 3 is 2.81 bits per heavy atom. The molecule has 0 amide bonds. The van der Waals surface area contributed by atoms with Crippen LogP contribution in [-0.2, 0) is 5.60 Å². The lowest BCUT2D eigenvalue weighted by molar-refractivity contribution is -0.0149. The minimum atomic E-state index is -0.835. The van der Waals surface area contributed by atoms with Gasteiger partial charge in [0.05, 0.1) is 5.60 Å². The normalized spacial score (nSPS) is 25.0. The molecule has 0 radical (unpaired) electrons. The fourth-order valence-corrected chi connectivity index (χ4v) is 2.51. The highest BCUT2D eigenvalue weighted by molar-refractivity contribution is 5.49. The summed E-state index contributed by atoms with van der Waals surface area (Å²) in [6.45, 7) is 3.79. The lowest BCUT2D eigenvalue weighted by Crippen LogP contribution is -2.42. The van der Waals surface area contributed by atoms with E-state index in [1.165, 1.54) is 0 Å². The zero-order valence-corrected chi connectivity index (χ0v) is 9.74. The summed E-state index contributed by atoms with van der Waals surface area (Å²) in [7, 11) is 0. The summed E-state index contributed by atoms with van der Waals surface area (Å²) in [5.74, 6) is 0.242. The Hall–Kier alpha value is -1.06. The van der Waals surface area contributed by atoms with Gasteiger partial charge in [-0.1, -0.05) is 18.2 Å². The molecule has 2 atom stereocenters. The Morgan fingerprint density at radius 2 is 2.19 bits per heavy atom. The smallest absolute Gasteiger partial charge is 0.0928 e. The monoisotopic (exact) mass is 220 g/mol. The summed E-state index contributed by atoms with van der Waals surface area (Å²) < 4.78 is 0. The van der Waals surface area contributed by atoms with Crippen molar-refractivity contribution in [2.45, 2.75) is 25.4 Å². The zero-order chi connectivity index (χ0) is 11.6. The van der Waals surface area contributed by atoms with E-state index < -0.39 is 5.60 Å². The van der Waals surface area contributed by atoms with Gasteiger partial charge in [-0.25, -0.2) is 0 Å². The SMILES string of the molecule is CC(O)(c1ccccc1N)C1CCCNC1. The van der Waals surface area contributed by atoms with Crippen molar-refractivity contribution in [2.75, 3.05) is 18.8 Å². The Labute approximate surface area is 96.7 Å². The fourth-order valence-electron chi connectivity index (χ4n) is 2.51. The molecule has 0 saturated carbocycles. The molecule has 1 aromatic rings. The van der Waals surface area contributed by atoms with Gasteiger partial charge in [0.15, 0.2) is 0 Å². The number of piperidine rings is 1. The van der Waals surface area contributed by atoms with Gasteiger partial charge in [-0.05, 0) is 32.4 Å². The molecule has 0 bridgehead atoms. The van der Waals surface area contributed by atoms with Crippen molar-refractivity contribution >= 4 is 5.69 Å². The predicted octanol–water partition coefficient (Wildman–Crippen LogP) is 1.48. The van der Waals surface area contributed by atoms with Gasteiger partial charge in [0.1, 0.15) is 0 Å². The lowest BCUT2D eigenvalue weighted by atomic mass is 9.78.